The molecule has 1 amide bonds. The van der Waals surface area contributed by atoms with E-state index < -0.39 is 0 Å². The second-order valence-electron chi connectivity index (χ2n) is 7.19. The van der Waals surface area contributed by atoms with Crippen LogP contribution < -0.4 is 5.32 Å². The second kappa shape index (κ2) is 8.90. The molecule has 1 aromatic carbocycles. The van der Waals surface area contributed by atoms with Crippen LogP contribution >= 0.6 is 11.3 Å². The van der Waals surface area contributed by atoms with Crippen molar-refractivity contribution in [2.45, 2.75) is 19.9 Å². The summed E-state index contributed by atoms with van der Waals surface area (Å²) in [5, 5.41) is 5.03. The maximum Gasteiger partial charge on any atom is 0.273 e. The first-order valence-corrected chi connectivity index (χ1v) is 10.7. The molecule has 1 atom stereocenters. The Morgan fingerprint density at radius 2 is 1.97 bits per heavy atom. The predicted molar refractivity (Wildman–Crippen MR) is 113 cm³/mol. The van der Waals surface area contributed by atoms with Gasteiger partial charge in [0.1, 0.15) is 5.76 Å². The van der Waals surface area contributed by atoms with E-state index in [1.54, 1.807) is 6.92 Å². The zero-order chi connectivity index (χ0) is 20.2. The van der Waals surface area contributed by atoms with Gasteiger partial charge in [0.15, 0.2) is 5.69 Å². The lowest BCUT2D eigenvalue weighted by Gasteiger charge is -2.35. The Morgan fingerprint density at radius 1 is 1.21 bits per heavy atom. The van der Waals surface area contributed by atoms with Gasteiger partial charge in [-0.05, 0) is 30.9 Å². The molecule has 1 N–H and O–H groups in total. The van der Waals surface area contributed by atoms with Gasteiger partial charge in [0.25, 0.3) is 5.91 Å². The molecule has 0 saturated carbocycles. The summed E-state index contributed by atoms with van der Waals surface area (Å²) in [6.07, 6.45) is 0. The number of hydrogen-bond donors (Lipinski definition) is 1. The lowest BCUT2D eigenvalue weighted by atomic mass is 10.0. The summed E-state index contributed by atoms with van der Waals surface area (Å²) in [5.41, 5.74) is 2.75. The molecule has 29 heavy (non-hydrogen) atoms. The van der Waals surface area contributed by atoms with Gasteiger partial charge in [-0.3, -0.25) is 9.69 Å². The van der Waals surface area contributed by atoms with Crippen LogP contribution in [0.1, 0.15) is 33.4 Å². The Bertz CT molecular complexity index is 944. The van der Waals surface area contributed by atoms with Crippen molar-refractivity contribution >= 4 is 17.2 Å². The van der Waals surface area contributed by atoms with Gasteiger partial charge in [-0.2, -0.15) is 0 Å². The molecule has 1 saturated heterocycles. The lowest BCUT2D eigenvalue weighted by Crippen LogP contribution is -2.44. The highest BCUT2D eigenvalue weighted by Gasteiger charge is 2.25. The Labute approximate surface area is 174 Å². The third-order valence-electron chi connectivity index (χ3n) is 5.15. The van der Waals surface area contributed by atoms with E-state index in [0.717, 1.165) is 18.0 Å². The van der Waals surface area contributed by atoms with Crippen LogP contribution in [0.3, 0.4) is 0 Å². The monoisotopic (exact) mass is 411 g/mol. The molecule has 1 aliphatic rings. The summed E-state index contributed by atoms with van der Waals surface area (Å²) in [6, 6.07) is 12.5. The maximum atomic E-state index is 12.8. The zero-order valence-corrected chi connectivity index (χ0v) is 17.5. The molecule has 1 aliphatic heterocycles. The predicted octanol–water partition coefficient (Wildman–Crippen LogP) is 3.82. The molecular formula is C22H25N3O3S. The fourth-order valence-electron chi connectivity index (χ4n) is 3.52. The highest BCUT2D eigenvalue weighted by molar-refractivity contribution is 7.13. The number of benzene rings is 1. The van der Waals surface area contributed by atoms with Crippen LogP contribution in [0.4, 0.5) is 0 Å². The van der Waals surface area contributed by atoms with Gasteiger partial charge in [-0.15, -0.1) is 11.3 Å². The molecule has 6 nitrogen and oxygen atoms in total. The highest BCUT2D eigenvalue weighted by Crippen LogP contribution is 2.26. The molecule has 0 aliphatic carbocycles. The van der Waals surface area contributed by atoms with Gasteiger partial charge in [0.05, 0.1) is 24.1 Å². The first kappa shape index (κ1) is 19.8. The van der Waals surface area contributed by atoms with Gasteiger partial charge in [-0.25, -0.2) is 4.98 Å². The minimum absolute atomic E-state index is 0.0902. The SMILES string of the molecule is Cc1ccc(C(CNC(=O)c2nc(-c3cccs3)oc2C)N2CCOCC2)cc1. The molecule has 4 rings (SSSR count). The number of rotatable bonds is 6. The quantitative estimate of drug-likeness (QED) is 0.668. The average Bonchev–Trinajstić information content (AvgIpc) is 3.40. The van der Waals surface area contributed by atoms with Crippen LogP contribution in [0.2, 0.25) is 0 Å². The number of morpholine rings is 1. The van der Waals surface area contributed by atoms with Crippen molar-refractivity contribution in [3.8, 4) is 10.8 Å². The smallest absolute Gasteiger partial charge is 0.273 e. The number of aromatic nitrogens is 1. The lowest BCUT2D eigenvalue weighted by molar-refractivity contribution is 0.0162. The van der Waals surface area contributed by atoms with Gasteiger partial charge >= 0.3 is 0 Å². The standard InChI is InChI=1S/C22H25N3O3S/c1-15-5-7-17(8-6-15)18(25-9-11-27-12-10-25)14-23-21(26)20-16(2)28-22(24-20)19-4-3-13-29-19/h3-8,13,18H,9-12,14H2,1-2H3,(H,23,26). The van der Waals surface area contributed by atoms with E-state index >= 15 is 0 Å². The second-order valence-corrected chi connectivity index (χ2v) is 8.13. The largest absolute Gasteiger partial charge is 0.440 e. The summed E-state index contributed by atoms with van der Waals surface area (Å²) in [5.74, 6) is 0.814. The Kier molecular flexibility index (Phi) is 6.08. The van der Waals surface area contributed by atoms with Crippen molar-refractivity contribution in [2.24, 2.45) is 0 Å². The van der Waals surface area contributed by atoms with Gasteiger partial charge in [0.2, 0.25) is 5.89 Å². The Hall–Kier alpha value is -2.48. The summed E-state index contributed by atoms with van der Waals surface area (Å²) in [7, 11) is 0. The van der Waals surface area contributed by atoms with E-state index in [9.17, 15) is 4.79 Å². The number of nitrogens with zero attached hydrogens (tertiary/aromatic N) is 2. The minimum Gasteiger partial charge on any atom is -0.440 e. The fourth-order valence-corrected chi connectivity index (χ4v) is 4.17. The first-order chi connectivity index (χ1) is 14.1. The van der Waals surface area contributed by atoms with Crippen LogP contribution in [0, 0.1) is 13.8 Å². The Morgan fingerprint density at radius 3 is 2.66 bits per heavy atom. The van der Waals surface area contributed by atoms with Crippen LogP contribution in [0.15, 0.2) is 46.2 Å². The van der Waals surface area contributed by atoms with Crippen molar-refractivity contribution in [3.05, 3.63) is 64.4 Å². The molecule has 0 spiro atoms. The van der Waals surface area contributed by atoms with Crippen LogP contribution in [0.5, 0.6) is 0 Å². The number of thiophene rings is 1. The van der Waals surface area contributed by atoms with E-state index in [1.807, 2.05) is 17.5 Å². The normalized spacial score (nSPS) is 15.9. The fraction of sp³-hybridized carbons (Fsp3) is 0.364. The third kappa shape index (κ3) is 4.58. The molecule has 0 bridgehead atoms. The van der Waals surface area contributed by atoms with Crippen molar-refractivity contribution < 1.29 is 13.9 Å². The molecule has 1 fully saturated rings. The number of ether oxygens (including phenoxy) is 1. The summed E-state index contributed by atoms with van der Waals surface area (Å²) < 4.78 is 11.2. The number of amides is 1. The Balaban J connectivity index is 1.49. The molecule has 3 heterocycles. The summed E-state index contributed by atoms with van der Waals surface area (Å²) in [6.45, 7) is 7.47. The number of aryl methyl sites for hydroxylation is 2. The average molecular weight is 412 g/mol. The summed E-state index contributed by atoms with van der Waals surface area (Å²) >= 11 is 1.54. The molecular weight excluding hydrogens is 386 g/mol. The first-order valence-electron chi connectivity index (χ1n) is 9.79. The van der Waals surface area contributed by atoms with E-state index in [4.69, 9.17) is 9.15 Å². The van der Waals surface area contributed by atoms with Crippen LogP contribution in [-0.4, -0.2) is 48.6 Å². The number of carbonyl (C=O) groups is 1. The molecule has 0 radical (unpaired) electrons. The van der Waals surface area contributed by atoms with Gasteiger partial charge in [-0.1, -0.05) is 35.9 Å². The molecule has 1 unspecified atom stereocenters. The number of nitrogens with one attached hydrogen (secondary N) is 1. The molecule has 152 valence electrons. The molecule has 3 aromatic rings. The van der Waals surface area contributed by atoms with Crippen molar-refractivity contribution in [2.75, 3.05) is 32.8 Å². The van der Waals surface area contributed by atoms with Crippen LogP contribution in [-0.2, 0) is 4.74 Å². The topological polar surface area (TPSA) is 67.6 Å². The zero-order valence-electron chi connectivity index (χ0n) is 16.7. The van der Waals surface area contributed by atoms with Crippen molar-refractivity contribution in [1.29, 1.82) is 0 Å². The van der Waals surface area contributed by atoms with Gasteiger partial charge in [0, 0.05) is 19.6 Å². The minimum atomic E-state index is -0.209. The van der Waals surface area contributed by atoms with Gasteiger partial charge < -0.3 is 14.5 Å². The number of carbonyl (C=O) groups excluding carboxylic acids is 1. The van der Waals surface area contributed by atoms with E-state index in [1.165, 1.54) is 22.5 Å². The van der Waals surface area contributed by atoms with E-state index in [2.05, 4.69) is 46.4 Å². The van der Waals surface area contributed by atoms with E-state index in [-0.39, 0.29) is 11.9 Å². The maximum absolute atomic E-state index is 12.8. The number of oxazole rings is 1. The third-order valence-corrected chi connectivity index (χ3v) is 6.01. The van der Waals surface area contributed by atoms with E-state index in [0.29, 0.717) is 37.1 Å². The molecule has 7 heteroatoms. The van der Waals surface area contributed by atoms with Crippen molar-refractivity contribution in [1.82, 2.24) is 15.2 Å². The van der Waals surface area contributed by atoms with Crippen molar-refractivity contribution in [3.63, 3.8) is 0 Å². The molecule has 2 aromatic heterocycles. The highest BCUT2D eigenvalue weighted by atomic mass is 32.1. The summed E-state index contributed by atoms with van der Waals surface area (Å²) in [4.78, 5) is 20.5. The number of hydrogen-bond acceptors (Lipinski definition) is 6. The van der Waals surface area contributed by atoms with Crippen LogP contribution in [0.25, 0.3) is 10.8 Å².